The van der Waals surface area contributed by atoms with Crippen molar-refractivity contribution >= 4 is 0 Å². The zero-order valence-corrected chi connectivity index (χ0v) is 9.20. The van der Waals surface area contributed by atoms with E-state index in [0.29, 0.717) is 0 Å². The normalized spacial score (nSPS) is 30.8. The molecular weight excluding hydrogens is 366 g/mol. The summed E-state index contributed by atoms with van der Waals surface area (Å²) in [6.45, 7) is 0. The van der Waals surface area contributed by atoms with Crippen LogP contribution in [0.4, 0.5) is 61.6 Å². The lowest BCUT2D eigenvalue weighted by atomic mass is 9.71. The molecule has 1 rings (SSSR count). The van der Waals surface area contributed by atoms with Crippen molar-refractivity contribution in [3.05, 3.63) is 0 Å². The monoisotopic (exact) mass is 366 g/mol. The molecule has 0 N–H and O–H groups in total. The van der Waals surface area contributed by atoms with Crippen LogP contribution in [-0.2, 0) is 4.94 Å². The molecule has 0 aromatic rings. The molecule has 0 amide bonds. The molecular formula is C7F14O. The lowest BCUT2D eigenvalue weighted by molar-refractivity contribution is -0.541. The second kappa shape index (κ2) is 4.08. The van der Waals surface area contributed by atoms with Gasteiger partial charge < -0.3 is 0 Å². The third kappa shape index (κ3) is 1.45. The molecule has 0 radical (unpaired) electrons. The Balaban J connectivity index is 3.94. The summed E-state index contributed by atoms with van der Waals surface area (Å²) in [6, 6.07) is 0. The number of hydrogen-bond acceptors (Lipinski definition) is 1. The van der Waals surface area contributed by atoms with Crippen LogP contribution in [-0.4, -0.2) is 41.4 Å². The van der Waals surface area contributed by atoms with E-state index in [4.69, 9.17) is 0 Å². The Morgan fingerprint density at radius 3 is 0.955 bits per heavy atom. The average molecular weight is 366 g/mol. The molecule has 1 fully saturated rings. The maximum Gasteiger partial charge on any atom is 0.431 e. The fourth-order valence-corrected chi connectivity index (χ4v) is 1.64. The molecule has 0 saturated heterocycles. The summed E-state index contributed by atoms with van der Waals surface area (Å²) >= 11 is 0. The minimum absolute atomic E-state index is 1.03. The maximum atomic E-state index is 13.3. The zero-order chi connectivity index (χ0) is 18.2. The van der Waals surface area contributed by atoms with Crippen LogP contribution in [0.5, 0.6) is 0 Å². The molecule has 0 aromatic carbocycles. The average Bonchev–Trinajstić information content (AvgIpc) is 2.34. The van der Waals surface area contributed by atoms with Gasteiger partial charge in [0.1, 0.15) is 0 Å². The van der Waals surface area contributed by atoms with Gasteiger partial charge in [-0.1, -0.05) is 0 Å². The molecule has 15 heteroatoms. The Morgan fingerprint density at radius 2 is 0.727 bits per heavy atom. The van der Waals surface area contributed by atoms with Crippen molar-refractivity contribution in [3.8, 4) is 0 Å². The zero-order valence-electron chi connectivity index (χ0n) is 9.20. The van der Waals surface area contributed by atoms with Gasteiger partial charge in [-0.05, 0) is 4.53 Å². The molecule has 0 unspecified atom stereocenters. The summed E-state index contributed by atoms with van der Waals surface area (Å²) in [7, 11) is 0. The lowest BCUT2D eigenvalue weighted by Crippen LogP contribution is -2.87. The van der Waals surface area contributed by atoms with Gasteiger partial charge in [0, 0.05) is 0 Å². The summed E-state index contributed by atoms with van der Waals surface area (Å²) in [4.78, 5) is 1.03. The van der Waals surface area contributed by atoms with Gasteiger partial charge in [0.2, 0.25) is 0 Å². The first-order valence-corrected chi connectivity index (χ1v) is 4.57. The number of halogens is 14. The number of alkyl halides is 13. The van der Waals surface area contributed by atoms with Gasteiger partial charge in [0.15, 0.2) is 0 Å². The Bertz CT molecular complexity index is 436. The van der Waals surface area contributed by atoms with Crippen molar-refractivity contribution in [1.82, 2.24) is 0 Å². The summed E-state index contributed by atoms with van der Waals surface area (Å²) in [6.07, 6.45) is -7.33. The van der Waals surface area contributed by atoms with E-state index in [9.17, 15) is 61.6 Å². The highest BCUT2D eigenvalue weighted by Gasteiger charge is 3.05. The third-order valence-corrected chi connectivity index (χ3v) is 2.94. The minimum atomic E-state index is -7.86. The van der Waals surface area contributed by atoms with Crippen LogP contribution in [0.1, 0.15) is 0 Å². The molecule has 132 valence electrons. The van der Waals surface area contributed by atoms with Crippen molar-refractivity contribution in [3.63, 3.8) is 0 Å². The predicted molar refractivity (Wildman–Crippen MR) is 35.7 cm³/mol. The maximum absolute atomic E-state index is 13.3. The van der Waals surface area contributed by atoms with Crippen LogP contribution in [0, 0.1) is 0 Å². The Hall–Kier alpha value is -1.02. The summed E-state index contributed by atoms with van der Waals surface area (Å²) < 4.78 is 177. The van der Waals surface area contributed by atoms with Gasteiger partial charge in [0.25, 0.3) is 0 Å². The fourth-order valence-electron chi connectivity index (χ4n) is 1.64. The molecule has 1 saturated carbocycles. The molecule has 0 aliphatic heterocycles. The SMILES string of the molecule is FOC(F)(F)C1(F)C(F)(F)C(F)(F)C(F)(F)C(F)(F)C1(F)F. The predicted octanol–water partition coefficient (Wildman–Crippen LogP) is 4.38. The highest BCUT2D eigenvalue weighted by molar-refractivity contribution is 5.28. The standard InChI is InChI=1S/C7F14O/c8-1(7(19,20)22-21)2(9,10)4(13,14)6(17,18)5(15,16)3(1,11)12. The molecule has 0 atom stereocenters. The molecule has 0 aromatic heterocycles. The Labute approximate surface area is 109 Å². The minimum Gasteiger partial charge on any atom is -0.220 e. The first kappa shape index (κ1) is 19.0. The fraction of sp³-hybridized carbons (Fsp3) is 1.00. The largest absolute Gasteiger partial charge is 0.431 e. The topological polar surface area (TPSA) is 9.23 Å². The molecule has 1 nitrogen and oxygen atoms in total. The van der Waals surface area contributed by atoms with Crippen LogP contribution in [0.15, 0.2) is 0 Å². The quantitative estimate of drug-likeness (QED) is 0.660. The lowest BCUT2D eigenvalue weighted by Gasteiger charge is -2.52. The van der Waals surface area contributed by atoms with E-state index in [1.807, 2.05) is 0 Å². The molecule has 0 spiro atoms. The van der Waals surface area contributed by atoms with Crippen molar-refractivity contribution in [2.45, 2.75) is 41.4 Å². The van der Waals surface area contributed by atoms with Gasteiger partial charge >= 0.3 is 41.4 Å². The highest BCUT2D eigenvalue weighted by Crippen LogP contribution is 2.72. The van der Waals surface area contributed by atoms with E-state index < -0.39 is 41.4 Å². The molecule has 0 bridgehead atoms. The first-order chi connectivity index (χ1) is 9.31. The van der Waals surface area contributed by atoms with E-state index in [2.05, 4.69) is 0 Å². The Morgan fingerprint density at radius 1 is 0.500 bits per heavy atom. The van der Waals surface area contributed by atoms with Crippen molar-refractivity contribution in [2.75, 3.05) is 0 Å². The molecule has 1 aliphatic carbocycles. The van der Waals surface area contributed by atoms with Crippen molar-refractivity contribution < 1.29 is 66.5 Å². The van der Waals surface area contributed by atoms with E-state index in [1.54, 1.807) is 0 Å². The number of hydrogen-bond donors (Lipinski definition) is 0. The van der Waals surface area contributed by atoms with Gasteiger partial charge in [-0.2, -0.15) is 52.7 Å². The van der Waals surface area contributed by atoms with Crippen LogP contribution in [0.2, 0.25) is 0 Å². The van der Waals surface area contributed by atoms with Gasteiger partial charge in [0.05, 0.1) is 0 Å². The van der Waals surface area contributed by atoms with E-state index in [0.717, 1.165) is 4.94 Å². The molecule has 1 aliphatic rings. The first-order valence-electron chi connectivity index (χ1n) is 4.57. The number of rotatable bonds is 2. The van der Waals surface area contributed by atoms with E-state index in [1.165, 1.54) is 0 Å². The smallest absolute Gasteiger partial charge is 0.220 e. The van der Waals surface area contributed by atoms with E-state index >= 15 is 0 Å². The Kier molecular flexibility index (Phi) is 3.53. The van der Waals surface area contributed by atoms with Crippen LogP contribution < -0.4 is 0 Å². The third-order valence-electron chi connectivity index (χ3n) is 2.94. The van der Waals surface area contributed by atoms with E-state index in [-0.39, 0.29) is 0 Å². The summed E-state index contributed by atoms with van der Waals surface area (Å²) in [5.74, 6) is -38.9. The highest BCUT2D eigenvalue weighted by atomic mass is 19.4. The van der Waals surface area contributed by atoms with Gasteiger partial charge in [-0.3, -0.25) is 0 Å². The van der Waals surface area contributed by atoms with Crippen LogP contribution in [0.3, 0.4) is 0 Å². The second-order valence-corrected chi connectivity index (χ2v) is 4.12. The van der Waals surface area contributed by atoms with Crippen molar-refractivity contribution in [2.24, 2.45) is 0 Å². The van der Waals surface area contributed by atoms with Gasteiger partial charge in [-0.15, -0.1) is 4.94 Å². The molecule has 0 heterocycles. The van der Waals surface area contributed by atoms with Gasteiger partial charge in [-0.25, -0.2) is 4.39 Å². The van der Waals surface area contributed by atoms with Crippen molar-refractivity contribution in [1.29, 1.82) is 0 Å². The summed E-state index contributed by atoms with van der Waals surface area (Å²) in [5.41, 5.74) is -7.84. The van der Waals surface area contributed by atoms with Crippen LogP contribution in [0.25, 0.3) is 0 Å². The second-order valence-electron chi connectivity index (χ2n) is 4.12. The summed E-state index contributed by atoms with van der Waals surface area (Å²) in [5, 5.41) is 0. The van der Waals surface area contributed by atoms with Crippen LogP contribution >= 0.6 is 0 Å². The molecule has 22 heavy (non-hydrogen) atoms.